The van der Waals surface area contributed by atoms with E-state index in [2.05, 4.69) is 27.0 Å². The van der Waals surface area contributed by atoms with Gasteiger partial charge < -0.3 is 15.1 Å². The predicted octanol–water partition coefficient (Wildman–Crippen LogP) is 2.56. The van der Waals surface area contributed by atoms with Gasteiger partial charge in [-0.2, -0.15) is 0 Å². The van der Waals surface area contributed by atoms with E-state index in [4.69, 9.17) is 0 Å². The normalized spacial score (nSPS) is 28.9. The predicted molar refractivity (Wildman–Crippen MR) is 93.3 cm³/mol. The Morgan fingerprint density at radius 2 is 2.09 bits per heavy atom. The molecular formula is C18H34N4. The average molecular weight is 306 g/mol. The van der Waals surface area contributed by atoms with Crippen molar-refractivity contribution >= 4 is 5.96 Å². The summed E-state index contributed by atoms with van der Waals surface area (Å²) in [7, 11) is 1.93. The quantitative estimate of drug-likeness (QED) is 0.492. The fourth-order valence-corrected chi connectivity index (χ4v) is 4.53. The Bertz CT molecular complexity index is 389. The van der Waals surface area contributed by atoms with Crippen molar-refractivity contribution in [3.05, 3.63) is 0 Å². The van der Waals surface area contributed by atoms with Gasteiger partial charge in [0.15, 0.2) is 5.96 Å². The zero-order chi connectivity index (χ0) is 15.4. The second kappa shape index (κ2) is 7.20. The molecule has 0 aromatic carbocycles. The maximum atomic E-state index is 4.51. The summed E-state index contributed by atoms with van der Waals surface area (Å²) < 4.78 is 0. The third kappa shape index (κ3) is 3.76. The van der Waals surface area contributed by atoms with Crippen molar-refractivity contribution in [2.75, 3.05) is 46.3 Å². The van der Waals surface area contributed by atoms with E-state index in [1.807, 2.05) is 7.05 Å². The summed E-state index contributed by atoms with van der Waals surface area (Å²) in [5, 5.41) is 3.60. The van der Waals surface area contributed by atoms with E-state index in [1.165, 1.54) is 77.7 Å². The fraction of sp³-hybridized carbons (Fsp3) is 0.944. The molecule has 126 valence electrons. The highest BCUT2D eigenvalue weighted by molar-refractivity contribution is 5.80. The molecule has 0 aromatic heterocycles. The molecule has 4 heteroatoms. The van der Waals surface area contributed by atoms with Crippen LogP contribution in [0.2, 0.25) is 0 Å². The van der Waals surface area contributed by atoms with Crippen LogP contribution in [0.3, 0.4) is 0 Å². The number of rotatable bonds is 4. The average Bonchev–Trinajstić information content (AvgIpc) is 2.93. The number of hydrogen-bond acceptors (Lipinski definition) is 2. The Kier molecular flexibility index (Phi) is 5.27. The van der Waals surface area contributed by atoms with Crippen LogP contribution in [-0.4, -0.2) is 62.1 Å². The van der Waals surface area contributed by atoms with Gasteiger partial charge in [0.25, 0.3) is 0 Å². The minimum atomic E-state index is 0.654. The van der Waals surface area contributed by atoms with Crippen LogP contribution in [0.5, 0.6) is 0 Å². The van der Waals surface area contributed by atoms with Crippen molar-refractivity contribution in [3.63, 3.8) is 0 Å². The van der Waals surface area contributed by atoms with E-state index in [1.54, 1.807) is 0 Å². The maximum Gasteiger partial charge on any atom is 0.193 e. The minimum absolute atomic E-state index is 0.654. The van der Waals surface area contributed by atoms with E-state index in [0.29, 0.717) is 5.41 Å². The minimum Gasteiger partial charge on any atom is -0.356 e. The number of aliphatic imine (C=N–C) groups is 1. The Morgan fingerprint density at radius 1 is 1.23 bits per heavy atom. The number of guanidine groups is 1. The molecule has 2 saturated heterocycles. The molecule has 0 aromatic rings. The number of hydrogen-bond donors (Lipinski definition) is 1. The second-order valence-electron chi connectivity index (χ2n) is 7.90. The summed E-state index contributed by atoms with van der Waals surface area (Å²) >= 11 is 0. The Balaban J connectivity index is 1.35. The molecule has 1 spiro atoms. The molecule has 3 aliphatic rings. The van der Waals surface area contributed by atoms with Gasteiger partial charge in [0.05, 0.1) is 0 Å². The Labute approximate surface area is 136 Å². The van der Waals surface area contributed by atoms with Crippen molar-refractivity contribution in [2.24, 2.45) is 16.3 Å². The first-order valence-corrected chi connectivity index (χ1v) is 9.39. The zero-order valence-electron chi connectivity index (χ0n) is 14.6. The van der Waals surface area contributed by atoms with Crippen LogP contribution in [0.15, 0.2) is 4.99 Å². The van der Waals surface area contributed by atoms with Crippen LogP contribution in [-0.2, 0) is 0 Å². The first kappa shape index (κ1) is 16.1. The first-order valence-electron chi connectivity index (χ1n) is 9.39. The molecule has 0 radical (unpaired) electrons. The van der Waals surface area contributed by atoms with Crippen molar-refractivity contribution < 1.29 is 0 Å². The molecule has 22 heavy (non-hydrogen) atoms. The molecule has 0 amide bonds. The highest BCUT2D eigenvalue weighted by Crippen LogP contribution is 2.47. The van der Waals surface area contributed by atoms with Gasteiger partial charge in [0.1, 0.15) is 0 Å². The van der Waals surface area contributed by atoms with E-state index in [9.17, 15) is 0 Å². The van der Waals surface area contributed by atoms with E-state index < -0.39 is 0 Å². The van der Waals surface area contributed by atoms with E-state index in [0.717, 1.165) is 18.4 Å². The van der Waals surface area contributed by atoms with Gasteiger partial charge in [0, 0.05) is 33.2 Å². The fourth-order valence-electron chi connectivity index (χ4n) is 4.53. The Hall–Kier alpha value is -0.770. The third-order valence-corrected chi connectivity index (χ3v) is 6.04. The molecular weight excluding hydrogens is 272 g/mol. The molecule has 4 nitrogen and oxygen atoms in total. The lowest BCUT2D eigenvalue weighted by Gasteiger charge is -2.38. The van der Waals surface area contributed by atoms with Crippen LogP contribution in [0.25, 0.3) is 0 Å². The summed E-state index contributed by atoms with van der Waals surface area (Å²) in [6, 6.07) is 0. The van der Waals surface area contributed by atoms with Gasteiger partial charge in [-0.1, -0.05) is 13.3 Å². The molecule has 3 fully saturated rings. The van der Waals surface area contributed by atoms with Gasteiger partial charge in [0.2, 0.25) is 0 Å². The third-order valence-electron chi connectivity index (χ3n) is 6.04. The van der Waals surface area contributed by atoms with Gasteiger partial charge in [-0.05, 0) is 62.9 Å². The highest BCUT2D eigenvalue weighted by Gasteiger charge is 2.43. The zero-order valence-corrected chi connectivity index (χ0v) is 14.6. The summed E-state index contributed by atoms with van der Waals surface area (Å²) in [5.41, 5.74) is 0.654. The maximum absolute atomic E-state index is 4.51. The SMILES string of the molecule is CN=C(NCCCN1CCCC(C)C1)N1CCC2(CCC2)C1. The number of piperidine rings is 1. The van der Waals surface area contributed by atoms with E-state index in [-0.39, 0.29) is 0 Å². The lowest BCUT2D eigenvalue weighted by atomic mass is 9.68. The van der Waals surface area contributed by atoms with Crippen LogP contribution in [0.1, 0.15) is 51.9 Å². The van der Waals surface area contributed by atoms with Crippen LogP contribution < -0.4 is 5.32 Å². The summed E-state index contributed by atoms with van der Waals surface area (Å²) in [6.07, 6.45) is 9.71. The molecule has 1 aliphatic carbocycles. The molecule has 1 N–H and O–H groups in total. The Morgan fingerprint density at radius 3 is 2.73 bits per heavy atom. The van der Waals surface area contributed by atoms with Gasteiger partial charge >= 0.3 is 0 Å². The van der Waals surface area contributed by atoms with Gasteiger partial charge in [-0.15, -0.1) is 0 Å². The smallest absolute Gasteiger partial charge is 0.193 e. The molecule has 3 rings (SSSR count). The van der Waals surface area contributed by atoms with Crippen LogP contribution in [0, 0.1) is 11.3 Å². The molecule has 1 atom stereocenters. The van der Waals surface area contributed by atoms with Crippen molar-refractivity contribution in [2.45, 2.75) is 51.9 Å². The van der Waals surface area contributed by atoms with Gasteiger partial charge in [-0.25, -0.2) is 0 Å². The lowest BCUT2D eigenvalue weighted by molar-refractivity contribution is 0.151. The topological polar surface area (TPSA) is 30.9 Å². The van der Waals surface area contributed by atoms with Crippen LogP contribution >= 0.6 is 0 Å². The van der Waals surface area contributed by atoms with E-state index >= 15 is 0 Å². The standard InChI is InChI=1S/C18H34N4/c1-16-6-3-11-21(14-16)12-5-10-20-17(19-2)22-13-9-18(15-22)7-4-8-18/h16H,3-15H2,1-2H3,(H,19,20). The van der Waals surface area contributed by atoms with Crippen molar-refractivity contribution in [1.82, 2.24) is 15.1 Å². The summed E-state index contributed by atoms with van der Waals surface area (Å²) in [6.45, 7) is 9.70. The number of likely N-dealkylation sites (tertiary alicyclic amines) is 2. The van der Waals surface area contributed by atoms with Crippen molar-refractivity contribution in [3.8, 4) is 0 Å². The molecule has 2 aliphatic heterocycles. The highest BCUT2D eigenvalue weighted by atomic mass is 15.3. The first-order chi connectivity index (χ1) is 10.7. The largest absolute Gasteiger partial charge is 0.356 e. The molecule has 2 heterocycles. The molecule has 1 saturated carbocycles. The summed E-state index contributed by atoms with van der Waals surface area (Å²) in [5.74, 6) is 2.02. The molecule has 1 unspecified atom stereocenters. The second-order valence-corrected chi connectivity index (χ2v) is 7.90. The lowest BCUT2D eigenvalue weighted by Crippen LogP contribution is -2.43. The van der Waals surface area contributed by atoms with Crippen LogP contribution in [0.4, 0.5) is 0 Å². The monoisotopic (exact) mass is 306 g/mol. The molecule has 0 bridgehead atoms. The number of nitrogens with one attached hydrogen (secondary N) is 1. The number of nitrogens with zero attached hydrogens (tertiary/aromatic N) is 3. The summed E-state index contributed by atoms with van der Waals surface area (Å²) in [4.78, 5) is 9.63. The van der Waals surface area contributed by atoms with Gasteiger partial charge in [-0.3, -0.25) is 4.99 Å². The van der Waals surface area contributed by atoms with Crippen molar-refractivity contribution in [1.29, 1.82) is 0 Å².